The first-order valence-corrected chi connectivity index (χ1v) is 9.80. The molecule has 17 heavy (non-hydrogen) atoms. The standard InChI is InChI=1S/C12H28GeO4/c1-9(2)14-13(15-10(3)4,16-11(5)6)17-12(7)8/h9-12H,1-8H3. The van der Waals surface area contributed by atoms with Gasteiger partial charge in [-0.1, -0.05) is 0 Å². The van der Waals surface area contributed by atoms with Crippen molar-refractivity contribution >= 4 is 14.6 Å². The summed E-state index contributed by atoms with van der Waals surface area (Å²) in [6.45, 7) is 15.8. The van der Waals surface area contributed by atoms with Gasteiger partial charge in [-0.15, -0.1) is 0 Å². The van der Waals surface area contributed by atoms with Crippen molar-refractivity contribution in [3.05, 3.63) is 0 Å². The number of hydrogen-bond donors (Lipinski definition) is 0. The Morgan fingerprint density at radius 3 is 0.765 bits per heavy atom. The van der Waals surface area contributed by atoms with E-state index in [2.05, 4.69) is 0 Å². The Morgan fingerprint density at radius 2 is 0.647 bits per heavy atom. The van der Waals surface area contributed by atoms with Gasteiger partial charge in [0.1, 0.15) is 0 Å². The van der Waals surface area contributed by atoms with Crippen molar-refractivity contribution < 1.29 is 15.1 Å². The summed E-state index contributed by atoms with van der Waals surface area (Å²) < 4.78 is 23.6. The molecule has 0 amide bonds. The topological polar surface area (TPSA) is 36.9 Å². The molecule has 0 aliphatic heterocycles. The fraction of sp³-hybridized carbons (Fsp3) is 1.00. The molecule has 0 fully saturated rings. The fourth-order valence-corrected chi connectivity index (χ4v) is 6.87. The van der Waals surface area contributed by atoms with E-state index in [1.807, 2.05) is 55.4 Å². The summed E-state index contributed by atoms with van der Waals surface area (Å²) in [7, 11) is 0. The first-order chi connectivity index (χ1) is 7.67. The molecule has 0 saturated carbocycles. The SMILES string of the molecule is CC(C)[O][Ge]([O]C(C)C)([O]C(C)C)[O]C(C)C. The van der Waals surface area contributed by atoms with Gasteiger partial charge in [-0.3, -0.25) is 0 Å². The maximum absolute atomic E-state index is 5.89. The molecule has 104 valence electrons. The van der Waals surface area contributed by atoms with Crippen molar-refractivity contribution in [2.24, 2.45) is 0 Å². The normalized spacial score (nSPS) is 13.4. The third-order valence-corrected chi connectivity index (χ3v) is 7.90. The Bertz CT molecular complexity index is 159. The molecule has 0 aromatic heterocycles. The van der Waals surface area contributed by atoms with Gasteiger partial charge in [0.2, 0.25) is 0 Å². The van der Waals surface area contributed by atoms with E-state index in [1.165, 1.54) is 0 Å². The van der Waals surface area contributed by atoms with Crippen molar-refractivity contribution in [3.8, 4) is 0 Å². The third-order valence-electron chi connectivity index (χ3n) is 1.52. The molecule has 0 spiro atoms. The van der Waals surface area contributed by atoms with Gasteiger partial charge in [0.15, 0.2) is 0 Å². The molecule has 5 heteroatoms. The summed E-state index contributed by atoms with van der Waals surface area (Å²) in [5, 5.41) is 0. The van der Waals surface area contributed by atoms with Gasteiger partial charge in [0.25, 0.3) is 0 Å². The van der Waals surface area contributed by atoms with Gasteiger partial charge in [-0.05, 0) is 0 Å². The summed E-state index contributed by atoms with van der Waals surface area (Å²) in [4.78, 5) is 0. The van der Waals surface area contributed by atoms with E-state index in [0.717, 1.165) is 0 Å². The number of hydrogen-bond acceptors (Lipinski definition) is 4. The maximum atomic E-state index is 5.89. The van der Waals surface area contributed by atoms with E-state index in [0.29, 0.717) is 0 Å². The molecular formula is C12H28GeO4. The Kier molecular flexibility index (Phi) is 7.91. The predicted molar refractivity (Wildman–Crippen MR) is 70.6 cm³/mol. The zero-order valence-electron chi connectivity index (χ0n) is 12.4. The van der Waals surface area contributed by atoms with Gasteiger partial charge in [0, 0.05) is 0 Å². The van der Waals surface area contributed by atoms with Crippen LogP contribution in [-0.4, -0.2) is 39.0 Å². The first-order valence-electron chi connectivity index (χ1n) is 6.38. The van der Waals surface area contributed by atoms with Crippen LogP contribution < -0.4 is 0 Å². The van der Waals surface area contributed by atoms with Crippen molar-refractivity contribution in [2.45, 2.75) is 79.8 Å². The molecule has 0 saturated heterocycles. The molecule has 0 heterocycles. The average Bonchev–Trinajstić information content (AvgIpc) is 1.95. The molecule has 0 N–H and O–H groups in total. The molecule has 4 nitrogen and oxygen atoms in total. The van der Waals surface area contributed by atoms with Crippen LogP contribution in [0.15, 0.2) is 0 Å². The minimum absolute atomic E-state index is 0.0336. The van der Waals surface area contributed by atoms with Crippen LogP contribution in [0.2, 0.25) is 0 Å². The quantitative estimate of drug-likeness (QED) is 0.646. The summed E-state index contributed by atoms with van der Waals surface area (Å²) in [6, 6.07) is 0. The Balaban J connectivity index is 4.89. The van der Waals surface area contributed by atoms with Crippen molar-refractivity contribution in [1.82, 2.24) is 0 Å². The Hall–Kier alpha value is 0.383. The zero-order chi connectivity index (χ0) is 13.6. The molecule has 0 radical (unpaired) electrons. The summed E-state index contributed by atoms with van der Waals surface area (Å²) >= 11 is -3.62. The van der Waals surface area contributed by atoms with Crippen LogP contribution in [-0.2, 0) is 15.1 Å². The molecular weight excluding hydrogens is 281 g/mol. The molecule has 0 bridgehead atoms. The van der Waals surface area contributed by atoms with Crippen LogP contribution in [0.5, 0.6) is 0 Å². The van der Waals surface area contributed by atoms with Crippen molar-refractivity contribution in [1.29, 1.82) is 0 Å². The molecule has 0 aromatic rings. The van der Waals surface area contributed by atoms with Gasteiger partial charge in [-0.25, -0.2) is 0 Å². The second kappa shape index (κ2) is 7.74. The molecule has 0 atom stereocenters. The first kappa shape index (κ1) is 17.4. The van der Waals surface area contributed by atoms with Gasteiger partial charge >= 0.3 is 109 Å². The monoisotopic (exact) mass is 310 g/mol. The summed E-state index contributed by atoms with van der Waals surface area (Å²) in [5.74, 6) is 0. The van der Waals surface area contributed by atoms with Crippen LogP contribution in [0.4, 0.5) is 0 Å². The third kappa shape index (κ3) is 8.16. The molecule has 0 rings (SSSR count). The van der Waals surface area contributed by atoms with Crippen molar-refractivity contribution in [3.63, 3.8) is 0 Å². The van der Waals surface area contributed by atoms with Crippen molar-refractivity contribution in [2.75, 3.05) is 0 Å². The fourth-order valence-electron chi connectivity index (χ4n) is 1.32. The second-order valence-electron chi connectivity index (χ2n) is 5.17. The van der Waals surface area contributed by atoms with E-state index in [1.54, 1.807) is 0 Å². The Morgan fingerprint density at radius 1 is 0.471 bits per heavy atom. The van der Waals surface area contributed by atoms with Gasteiger partial charge in [-0.2, -0.15) is 0 Å². The second-order valence-corrected chi connectivity index (χ2v) is 9.24. The average molecular weight is 309 g/mol. The molecule has 0 aliphatic carbocycles. The van der Waals surface area contributed by atoms with E-state index >= 15 is 0 Å². The van der Waals surface area contributed by atoms with Crippen LogP contribution >= 0.6 is 0 Å². The van der Waals surface area contributed by atoms with E-state index < -0.39 is 14.6 Å². The molecule has 0 aliphatic rings. The summed E-state index contributed by atoms with van der Waals surface area (Å²) in [6.07, 6.45) is 0.134. The van der Waals surface area contributed by atoms with Crippen LogP contribution in [0.3, 0.4) is 0 Å². The van der Waals surface area contributed by atoms with Crippen LogP contribution in [0, 0.1) is 0 Å². The molecule has 0 unspecified atom stereocenters. The van der Waals surface area contributed by atoms with Gasteiger partial charge < -0.3 is 0 Å². The van der Waals surface area contributed by atoms with Crippen LogP contribution in [0.25, 0.3) is 0 Å². The van der Waals surface area contributed by atoms with Crippen LogP contribution in [0.1, 0.15) is 55.4 Å². The Labute approximate surface area is 110 Å². The van der Waals surface area contributed by atoms with E-state index in [9.17, 15) is 0 Å². The van der Waals surface area contributed by atoms with E-state index in [4.69, 9.17) is 15.1 Å². The number of rotatable bonds is 8. The van der Waals surface area contributed by atoms with E-state index in [-0.39, 0.29) is 24.4 Å². The minimum atomic E-state index is -3.62. The summed E-state index contributed by atoms with van der Waals surface area (Å²) in [5.41, 5.74) is 0. The molecule has 0 aromatic carbocycles. The zero-order valence-corrected chi connectivity index (χ0v) is 14.5. The van der Waals surface area contributed by atoms with Gasteiger partial charge in [0.05, 0.1) is 0 Å². The predicted octanol–water partition coefficient (Wildman–Crippen LogP) is 3.12.